The molecular weight excluding hydrogens is 296 g/mol. The Kier molecular flexibility index (Phi) is 5.52. The molecule has 0 spiro atoms. The summed E-state index contributed by atoms with van der Waals surface area (Å²) in [6.45, 7) is 5.37. The average molecular weight is 312 g/mol. The monoisotopic (exact) mass is 312 g/mol. The molecule has 0 radical (unpaired) electrons. The van der Waals surface area contributed by atoms with Crippen molar-refractivity contribution in [3.63, 3.8) is 0 Å². The lowest BCUT2D eigenvalue weighted by Gasteiger charge is -2.13. The molecule has 118 valence electrons. The summed E-state index contributed by atoms with van der Waals surface area (Å²) < 4.78 is 15.5. The highest BCUT2D eigenvalue weighted by Gasteiger charge is 2.22. The van der Waals surface area contributed by atoms with Crippen LogP contribution < -0.4 is 9.47 Å². The van der Waals surface area contributed by atoms with Crippen LogP contribution in [-0.2, 0) is 4.74 Å². The first-order valence-electron chi connectivity index (χ1n) is 7.02. The van der Waals surface area contributed by atoms with Gasteiger partial charge in [-0.1, -0.05) is 30.8 Å². The lowest BCUT2D eigenvalue weighted by Crippen LogP contribution is -2.14. The summed E-state index contributed by atoms with van der Waals surface area (Å²) in [4.78, 5) is 24.3. The normalized spacial score (nSPS) is 9.78. The summed E-state index contributed by atoms with van der Waals surface area (Å²) in [7, 11) is 0. The Morgan fingerprint density at radius 3 is 2.26 bits per heavy atom. The van der Waals surface area contributed by atoms with Crippen molar-refractivity contribution in [2.75, 3.05) is 6.61 Å². The Hall–Kier alpha value is -3.08. The van der Waals surface area contributed by atoms with E-state index in [1.54, 1.807) is 37.3 Å². The zero-order valence-corrected chi connectivity index (χ0v) is 12.7. The Morgan fingerprint density at radius 1 is 1.00 bits per heavy atom. The fraction of sp³-hybridized carbons (Fsp3) is 0.111. The number of para-hydroxylation sites is 2. The molecule has 0 atom stereocenters. The molecule has 2 aromatic rings. The fourth-order valence-corrected chi connectivity index (χ4v) is 1.95. The van der Waals surface area contributed by atoms with Gasteiger partial charge in [0.2, 0.25) is 0 Å². The van der Waals surface area contributed by atoms with Crippen molar-refractivity contribution < 1.29 is 23.8 Å². The number of esters is 2. The first kappa shape index (κ1) is 16.3. The first-order valence-corrected chi connectivity index (χ1v) is 7.02. The standard InChI is InChI=1S/C18H16O5/c1-3-21-16-14(17(19)22-4-2)11-8-12-15(16)18(20)23-13-9-6-5-7-10-13/h4-12H,2-3H2,1H3. The molecule has 2 aromatic carbocycles. The Morgan fingerprint density at radius 2 is 1.65 bits per heavy atom. The molecule has 0 aliphatic carbocycles. The second-order valence-corrected chi connectivity index (χ2v) is 4.39. The van der Waals surface area contributed by atoms with E-state index in [1.165, 1.54) is 12.1 Å². The third-order valence-electron chi connectivity index (χ3n) is 2.89. The van der Waals surface area contributed by atoms with Crippen LogP contribution in [0.5, 0.6) is 11.5 Å². The number of hydrogen-bond acceptors (Lipinski definition) is 5. The molecule has 0 amide bonds. The summed E-state index contributed by atoms with van der Waals surface area (Å²) in [5, 5.41) is 0. The molecule has 0 bridgehead atoms. The van der Waals surface area contributed by atoms with E-state index in [1.807, 2.05) is 6.07 Å². The smallest absolute Gasteiger partial charge is 0.347 e. The van der Waals surface area contributed by atoms with Crippen LogP contribution in [0.3, 0.4) is 0 Å². The van der Waals surface area contributed by atoms with E-state index in [0.29, 0.717) is 5.75 Å². The summed E-state index contributed by atoms with van der Waals surface area (Å²) in [6, 6.07) is 13.2. The van der Waals surface area contributed by atoms with Crippen LogP contribution in [0.4, 0.5) is 0 Å². The quantitative estimate of drug-likeness (QED) is 0.463. The maximum Gasteiger partial charge on any atom is 0.347 e. The summed E-state index contributed by atoms with van der Waals surface area (Å²) in [5.74, 6) is -0.743. The number of rotatable bonds is 6. The van der Waals surface area contributed by atoms with E-state index in [9.17, 15) is 9.59 Å². The number of ether oxygens (including phenoxy) is 3. The predicted molar refractivity (Wildman–Crippen MR) is 84.6 cm³/mol. The molecule has 5 nitrogen and oxygen atoms in total. The third-order valence-corrected chi connectivity index (χ3v) is 2.89. The second kappa shape index (κ2) is 7.79. The summed E-state index contributed by atoms with van der Waals surface area (Å²) in [5.41, 5.74) is 0.281. The lowest BCUT2D eigenvalue weighted by molar-refractivity contribution is 0.0659. The van der Waals surface area contributed by atoms with E-state index in [4.69, 9.17) is 14.2 Å². The average Bonchev–Trinajstić information content (AvgIpc) is 2.56. The van der Waals surface area contributed by atoms with Crippen molar-refractivity contribution in [2.24, 2.45) is 0 Å². The SMILES string of the molecule is C=COC(=O)c1cccc(C(=O)Oc2ccccc2)c1OCC. The second-order valence-electron chi connectivity index (χ2n) is 4.39. The van der Waals surface area contributed by atoms with Crippen LogP contribution in [0, 0.1) is 0 Å². The fourth-order valence-electron chi connectivity index (χ4n) is 1.95. The van der Waals surface area contributed by atoms with Crippen LogP contribution >= 0.6 is 0 Å². The minimum absolute atomic E-state index is 0.128. The van der Waals surface area contributed by atoms with Gasteiger partial charge in [-0.25, -0.2) is 9.59 Å². The molecule has 0 aromatic heterocycles. The Labute approximate surface area is 134 Å². The highest BCUT2D eigenvalue weighted by Crippen LogP contribution is 2.26. The van der Waals surface area contributed by atoms with Crippen LogP contribution in [0.15, 0.2) is 61.4 Å². The van der Waals surface area contributed by atoms with E-state index in [0.717, 1.165) is 6.26 Å². The van der Waals surface area contributed by atoms with Crippen molar-refractivity contribution in [3.8, 4) is 11.5 Å². The molecule has 0 aliphatic heterocycles. The zero-order chi connectivity index (χ0) is 16.7. The van der Waals surface area contributed by atoms with E-state index in [-0.39, 0.29) is 23.5 Å². The van der Waals surface area contributed by atoms with Gasteiger partial charge in [-0.15, -0.1) is 0 Å². The number of benzene rings is 2. The minimum atomic E-state index is -0.655. The molecule has 0 N–H and O–H groups in total. The largest absolute Gasteiger partial charge is 0.492 e. The maximum atomic E-state index is 12.4. The van der Waals surface area contributed by atoms with Gasteiger partial charge in [0.15, 0.2) is 0 Å². The van der Waals surface area contributed by atoms with E-state index < -0.39 is 11.9 Å². The van der Waals surface area contributed by atoms with Crippen molar-refractivity contribution in [1.29, 1.82) is 0 Å². The number of hydrogen-bond donors (Lipinski definition) is 0. The topological polar surface area (TPSA) is 61.8 Å². The van der Waals surface area contributed by atoms with Gasteiger partial charge in [-0.3, -0.25) is 0 Å². The summed E-state index contributed by atoms with van der Waals surface area (Å²) >= 11 is 0. The van der Waals surface area contributed by atoms with Gasteiger partial charge < -0.3 is 14.2 Å². The molecule has 0 saturated carbocycles. The van der Waals surface area contributed by atoms with Crippen molar-refractivity contribution in [3.05, 3.63) is 72.5 Å². The third kappa shape index (κ3) is 3.97. The van der Waals surface area contributed by atoms with Gasteiger partial charge in [0.1, 0.15) is 22.6 Å². The van der Waals surface area contributed by atoms with E-state index >= 15 is 0 Å². The number of carbonyl (C=O) groups is 2. The Balaban J connectivity index is 2.36. The summed E-state index contributed by atoms with van der Waals surface area (Å²) in [6.07, 6.45) is 1.02. The molecular formula is C18H16O5. The van der Waals surface area contributed by atoms with Crippen LogP contribution in [0.1, 0.15) is 27.6 Å². The molecule has 2 rings (SSSR count). The minimum Gasteiger partial charge on any atom is -0.492 e. The van der Waals surface area contributed by atoms with Gasteiger partial charge in [0.05, 0.1) is 12.9 Å². The molecule has 0 heterocycles. The van der Waals surface area contributed by atoms with E-state index in [2.05, 4.69) is 6.58 Å². The van der Waals surface area contributed by atoms with Gasteiger partial charge in [-0.2, -0.15) is 0 Å². The Bertz CT molecular complexity index is 707. The van der Waals surface area contributed by atoms with Crippen LogP contribution in [0.25, 0.3) is 0 Å². The highest BCUT2D eigenvalue weighted by molar-refractivity contribution is 6.01. The van der Waals surface area contributed by atoms with Crippen molar-refractivity contribution in [1.82, 2.24) is 0 Å². The van der Waals surface area contributed by atoms with Gasteiger partial charge in [0.25, 0.3) is 0 Å². The van der Waals surface area contributed by atoms with Crippen molar-refractivity contribution in [2.45, 2.75) is 6.92 Å². The van der Waals surface area contributed by atoms with Crippen LogP contribution in [-0.4, -0.2) is 18.5 Å². The molecule has 0 fully saturated rings. The maximum absolute atomic E-state index is 12.4. The molecule has 5 heteroatoms. The van der Waals surface area contributed by atoms with Gasteiger partial charge >= 0.3 is 11.9 Å². The molecule has 0 saturated heterocycles. The molecule has 0 aliphatic rings. The predicted octanol–water partition coefficient (Wildman–Crippen LogP) is 3.60. The van der Waals surface area contributed by atoms with Crippen LogP contribution in [0.2, 0.25) is 0 Å². The number of carbonyl (C=O) groups excluding carboxylic acids is 2. The zero-order valence-electron chi connectivity index (χ0n) is 12.7. The first-order chi connectivity index (χ1) is 11.2. The van der Waals surface area contributed by atoms with Crippen molar-refractivity contribution >= 4 is 11.9 Å². The van der Waals surface area contributed by atoms with Gasteiger partial charge in [0, 0.05) is 0 Å². The van der Waals surface area contributed by atoms with Gasteiger partial charge in [-0.05, 0) is 31.2 Å². The highest BCUT2D eigenvalue weighted by atomic mass is 16.5. The molecule has 23 heavy (non-hydrogen) atoms. The molecule has 0 unspecified atom stereocenters. The lowest BCUT2D eigenvalue weighted by atomic mass is 10.1.